The predicted octanol–water partition coefficient (Wildman–Crippen LogP) is 13.5. The topological polar surface area (TPSA) is 54.8 Å². The fourth-order valence-corrected chi connectivity index (χ4v) is 8.01. The Bertz CT molecular complexity index is 3180. The van der Waals surface area contributed by atoms with Gasteiger partial charge in [0.15, 0.2) is 0 Å². The van der Waals surface area contributed by atoms with Crippen molar-refractivity contribution in [2.45, 2.75) is 0 Å². The second kappa shape index (κ2) is 13.5. The minimum Gasteiger partial charge on any atom is -0.310 e. The molecule has 57 heavy (non-hydrogen) atoms. The SMILES string of the molecule is c1ccc2cc(-c3ccc4c(ccc5cc(N(c6ccc(-c7ccc8ccncc8n7)cc6)c6ccc(-c7ccc8ccncc8n7)cc6)ccc54)c3)ccc2c1. The zero-order chi connectivity index (χ0) is 37.7. The van der Waals surface area contributed by atoms with Crippen LogP contribution in [0.15, 0.2) is 201 Å². The lowest BCUT2D eigenvalue weighted by atomic mass is 9.96. The Balaban J connectivity index is 0.981. The number of nitrogens with zero attached hydrogens (tertiary/aromatic N) is 5. The molecule has 7 aromatic carbocycles. The molecule has 0 fully saturated rings. The molecule has 0 aliphatic carbocycles. The second-order valence-electron chi connectivity index (χ2n) is 14.4. The summed E-state index contributed by atoms with van der Waals surface area (Å²) < 4.78 is 0. The Kier molecular flexibility index (Phi) is 7.74. The van der Waals surface area contributed by atoms with Crippen LogP contribution in [0.25, 0.3) is 87.8 Å². The first-order chi connectivity index (χ1) is 28.2. The van der Waals surface area contributed by atoms with Crippen molar-refractivity contribution in [1.82, 2.24) is 19.9 Å². The van der Waals surface area contributed by atoms with E-state index in [-0.39, 0.29) is 0 Å². The summed E-state index contributed by atoms with van der Waals surface area (Å²) in [6.45, 7) is 0. The monoisotopic (exact) mass is 727 g/mol. The van der Waals surface area contributed by atoms with Gasteiger partial charge < -0.3 is 4.90 Å². The first-order valence-corrected chi connectivity index (χ1v) is 19.1. The Hall–Kier alpha value is -7.76. The second-order valence-corrected chi connectivity index (χ2v) is 14.4. The maximum Gasteiger partial charge on any atom is 0.0892 e. The summed E-state index contributed by atoms with van der Waals surface area (Å²) >= 11 is 0. The number of benzene rings is 7. The maximum atomic E-state index is 4.90. The molecule has 0 amide bonds. The molecule has 0 unspecified atom stereocenters. The van der Waals surface area contributed by atoms with Crippen molar-refractivity contribution in [2.24, 2.45) is 0 Å². The molecule has 11 rings (SSSR count). The van der Waals surface area contributed by atoms with Crippen molar-refractivity contribution in [2.75, 3.05) is 4.90 Å². The van der Waals surface area contributed by atoms with E-state index < -0.39 is 0 Å². The lowest BCUT2D eigenvalue weighted by Gasteiger charge is -2.26. The maximum absolute atomic E-state index is 4.90. The van der Waals surface area contributed by atoms with Gasteiger partial charge in [-0.1, -0.05) is 103 Å². The van der Waals surface area contributed by atoms with Gasteiger partial charge in [-0.15, -0.1) is 0 Å². The number of rotatable bonds is 6. The highest BCUT2D eigenvalue weighted by Gasteiger charge is 2.16. The van der Waals surface area contributed by atoms with E-state index in [0.717, 1.165) is 61.4 Å². The molecule has 0 bridgehead atoms. The smallest absolute Gasteiger partial charge is 0.0892 e. The molecule has 5 heteroatoms. The molecule has 0 saturated heterocycles. The lowest BCUT2D eigenvalue weighted by Crippen LogP contribution is -2.10. The average Bonchev–Trinajstić information content (AvgIpc) is 3.29. The van der Waals surface area contributed by atoms with Gasteiger partial charge in [-0.3, -0.25) is 9.97 Å². The Morgan fingerprint density at radius 3 is 1.39 bits per heavy atom. The molecule has 4 aromatic heterocycles. The molecule has 0 radical (unpaired) electrons. The zero-order valence-electron chi connectivity index (χ0n) is 30.8. The number of fused-ring (bicyclic) bond motifs is 6. The van der Waals surface area contributed by atoms with Crippen LogP contribution in [0, 0.1) is 0 Å². The van der Waals surface area contributed by atoms with Crippen LogP contribution in [-0.4, -0.2) is 19.9 Å². The van der Waals surface area contributed by atoms with Gasteiger partial charge in [-0.2, -0.15) is 0 Å². The molecule has 0 saturated carbocycles. The van der Waals surface area contributed by atoms with Crippen LogP contribution in [0.1, 0.15) is 0 Å². The molecule has 0 atom stereocenters. The summed E-state index contributed by atoms with van der Waals surface area (Å²) in [4.78, 5) is 20.7. The van der Waals surface area contributed by atoms with Gasteiger partial charge in [0.25, 0.3) is 0 Å². The van der Waals surface area contributed by atoms with Gasteiger partial charge >= 0.3 is 0 Å². The van der Waals surface area contributed by atoms with E-state index in [9.17, 15) is 0 Å². The number of hydrogen-bond acceptors (Lipinski definition) is 5. The Labute approximate surface area is 329 Å². The van der Waals surface area contributed by atoms with Crippen LogP contribution in [0.3, 0.4) is 0 Å². The van der Waals surface area contributed by atoms with Crippen molar-refractivity contribution in [3.05, 3.63) is 201 Å². The third kappa shape index (κ3) is 5.99. The van der Waals surface area contributed by atoms with Crippen LogP contribution < -0.4 is 4.90 Å². The molecule has 5 nitrogen and oxygen atoms in total. The highest BCUT2D eigenvalue weighted by Crippen LogP contribution is 2.40. The molecule has 0 aliphatic heterocycles. The molecule has 0 N–H and O–H groups in total. The molecule has 266 valence electrons. The first-order valence-electron chi connectivity index (χ1n) is 19.1. The molecule has 0 spiro atoms. The van der Waals surface area contributed by atoms with E-state index >= 15 is 0 Å². The Morgan fingerprint density at radius 1 is 0.316 bits per heavy atom. The molecule has 4 heterocycles. The van der Waals surface area contributed by atoms with Crippen LogP contribution in [0.5, 0.6) is 0 Å². The molecular weight excluding hydrogens is 695 g/mol. The highest BCUT2D eigenvalue weighted by molar-refractivity contribution is 6.09. The van der Waals surface area contributed by atoms with E-state index in [1.807, 2.05) is 24.5 Å². The predicted molar refractivity (Wildman–Crippen MR) is 236 cm³/mol. The highest BCUT2D eigenvalue weighted by atomic mass is 15.1. The van der Waals surface area contributed by atoms with E-state index in [0.29, 0.717) is 0 Å². The number of anilines is 3. The van der Waals surface area contributed by atoms with E-state index in [4.69, 9.17) is 9.97 Å². The third-order valence-corrected chi connectivity index (χ3v) is 11.0. The Morgan fingerprint density at radius 2 is 0.772 bits per heavy atom. The zero-order valence-corrected chi connectivity index (χ0v) is 30.8. The normalized spacial score (nSPS) is 11.5. The fourth-order valence-electron chi connectivity index (χ4n) is 8.01. The van der Waals surface area contributed by atoms with Crippen LogP contribution in [0.4, 0.5) is 17.1 Å². The molecule has 11 aromatic rings. The quantitative estimate of drug-likeness (QED) is 0.160. The average molecular weight is 728 g/mol. The van der Waals surface area contributed by atoms with Crippen molar-refractivity contribution in [1.29, 1.82) is 0 Å². The summed E-state index contributed by atoms with van der Waals surface area (Å²) in [5.41, 5.74) is 11.3. The standard InChI is InChI=1S/C52H33N5/c1-2-4-39-29-40(6-5-34(39)3-1)41-13-21-47-42(30-41)7-8-43-31-46(20-22-48(43)47)57(44-16-9-35(10-17-44)49-23-14-37-25-27-53-32-51(37)55-49)45-18-11-36(12-19-45)50-24-15-38-26-28-54-33-52(38)56-50/h1-33H. The third-order valence-electron chi connectivity index (χ3n) is 11.0. The van der Waals surface area contributed by atoms with Crippen molar-refractivity contribution >= 4 is 71.2 Å². The van der Waals surface area contributed by atoms with Crippen molar-refractivity contribution < 1.29 is 0 Å². The van der Waals surface area contributed by atoms with Gasteiger partial charge in [0.05, 0.1) is 34.8 Å². The van der Waals surface area contributed by atoms with Gasteiger partial charge in [0.1, 0.15) is 0 Å². The number of hydrogen-bond donors (Lipinski definition) is 0. The minimum absolute atomic E-state index is 0.881. The summed E-state index contributed by atoms with van der Waals surface area (Å²) in [6.07, 6.45) is 7.23. The van der Waals surface area contributed by atoms with E-state index in [2.05, 4.69) is 179 Å². The molecule has 0 aliphatic rings. The number of pyridine rings is 4. The van der Waals surface area contributed by atoms with Gasteiger partial charge in [0, 0.05) is 51.4 Å². The van der Waals surface area contributed by atoms with Crippen LogP contribution in [-0.2, 0) is 0 Å². The summed E-state index contributed by atoms with van der Waals surface area (Å²) in [6, 6.07) is 63.0. The van der Waals surface area contributed by atoms with Gasteiger partial charge in [-0.05, 0) is 116 Å². The fraction of sp³-hybridized carbons (Fsp3) is 0. The number of aromatic nitrogens is 4. The first kappa shape index (κ1) is 32.7. The summed E-state index contributed by atoms with van der Waals surface area (Å²) in [7, 11) is 0. The summed E-state index contributed by atoms with van der Waals surface area (Å²) in [5, 5.41) is 9.51. The minimum atomic E-state index is 0.881. The van der Waals surface area contributed by atoms with Crippen LogP contribution in [0.2, 0.25) is 0 Å². The van der Waals surface area contributed by atoms with E-state index in [1.165, 1.54) is 43.4 Å². The van der Waals surface area contributed by atoms with Crippen molar-refractivity contribution in [3.8, 4) is 33.6 Å². The lowest BCUT2D eigenvalue weighted by molar-refractivity contribution is 1.28. The van der Waals surface area contributed by atoms with Crippen LogP contribution >= 0.6 is 0 Å². The van der Waals surface area contributed by atoms with Gasteiger partial charge in [0.2, 0.25) is 0 Å². The van der Waals surface area contributed by atoms with Gasteiger partial charge in [-0.25, -0.2) is 9.97 Å². The molecular formula is C52H33N5. The van der Waals surface area contributed by atoms with E-state index in [1.54, 1.807) is 12.4 Å². The van der Waals surface area contributed by atoms with Crippen molar-refractivity contribution in [3.63, 3.8) is 0 Å². The largest absolute Gasteiger partial charge is 0.310 e. The summed E-state index contributed by atoms with van der Waals surface area (Å²) in [5.74, 6) is 0.